The van der Waals surface area contributed by atoms with Gasteiger partial charge in [0.2, 0.25) is 5.89 Å². The van der Waals surface area contributed by atoms with Crippen LogP contribution in [0, 0.1) is 5.92 Å². The molecule has 2 aromatic rings. The minimum Gasteiger partial charge on any atom is -0.339 e. The Morgan fingerprint density at radius 1 is 1.05 bits per heavy atom. The van der Waals surface area contributed by atoms with Crippen molar-refractivity contribution in [1.29, 1.82) is 0 Å². The normalized spacial score (nSPS) is 27.2. The quantitative estimate of drug-likeness (QED) is 0.922. The summed E-state index contributed by atoms with van der Waals surface area (Å²) in [6.07, 6.45) is 7.98. The highest BCUT2D eigenvalue weighted by Crippen LogP contribution is 2.32. The van der Waals surface area contributed by atoms with Crippen LogP contribution in [0.1, 0.15) is 43.0 Å². The lowest BCUT2D eigenvalue weighted by Crippen LogP contribution is -2.38. The molecule has 2 saturated heterocycles. The summed E-state index contributed by atoms with van der Waals surface area (Å²) >= 11 is 0. The number of aryl methyl sites for hydroxylation is 2. The Bertz CT molecular complexity index is 598. The second-order valence-corrected chi connectivity index (χ2v) is 6.77. The first-order valence-corrected chi connectivity index (χ1v) is 8.46. The molecule has 0 saturated carbocycles. The molecule has 0 spiro atoms. The van der Waals surface area contributed by atoms with E-state index in [9.17, 15) is 0 Å². The highest BCUT2D eigenvalue weighted by atomic mass is 16.5. The van der Waals surface area contributed by atoms with E-state index in [4.69, 9.17) is 4.52 Å². The average molecular weight is 297 g/mol. The van der Waals surface area contributed by atoms with Crippen LogP contribution in [0.5, 0.6) is 0 Å². The van der Waals surface area contributed by atoms with Gasteiger partial charge in [-0.25, -0.2) is 0 Å². The lowest BCUT2D eigenvalue weighted by Gasteiger charge is -2.28. The first-order chi connectivity index (χ1) is 10.8. The second-order valence-electron chi connectivity index (χ2n) is 6.77. The SMILES string of the molecule is c1ccc(CCc2noc(CC3CC4CCC(C3)N4)n2)cc1. The number of rotatable bonds is 5. The molecule has 4 rings (SSSR count). The summed E-state index contributed by atoms with van der Waals surface area (Å²) in [6, 6.07) is 11.9. The van der Waals surface area contributed by atoms with Crippen molar-refractivity contribution in [2.75, 3.05) is 0 Å². The largest absolute Gasteiger partial charge is 0.339 e. The summed E-state index contributed by atoms with van der Waals surface area (Å²) in [5.74, 6) is 2.38. The van der Waals surface area contributed by atoms with Crippen LogP contribution in [0.3, 0.4) is 0 Å². The van der Waals surface area contributed by atoms with E-state index in [0.717, 1.165) is 43.1 Å². The molecule has 2 unspecified atom stereocenters. The van der Waals surface area contributed by atoms with Crippen LogP contribution < -0.4 is 5.32 Å². The van der Waals surface area contributed by atoms with Gasteiger partial charge in [0, 0.05) is 24.9 Å². The number of benzene rings is 1. The minimum absolute atomic E-state index is 0.709. The molecule has 1 aromatic carbocycles. The van der Waals surface area contributed by atoms with Crippen LogP contribution in [0.2, 0.25) is 0 Å². The maximum absolute atomic E-state index is 5.47. The average Bonchev–Trinajstić information content (AvgIpc) is 3.13. The first kappa shape index (κ1) is 13.9. The topological polar surface area (TPSA) is 51.0 Å². The molecule has 0 amide bonds. The Balaban J connectivity index is 1.31. The third-order valence-electron chi connectivity index (χ3n) is 5.02. The third-order valence-corrected chi connectivity index (χ3v) is 5.02. The van der Waals surface area contributed by atoms with E-state index in [1.165, 1.54) is 31.2 Å². The zero-order valence-corrected chi connectivity index (χ0v) is 12.9. The van der Waals surface area contributed by atoms with Gasteiger partial charge in [0.15, 0.2) is 5.82 Å². The van der Waals surface area contributed by atoms with E-state index in [0.29, 0.717) is 5.92 Å². The van der Waals surface area contributed by atoms with Gasteiger partial charge in [-0.2, -0.15) is 4.98 Å². The van der Waals surface area contributed by atoms with Crippen LogP contribution in [0.4, 0.5) is 0 Å². The Kier molecular flexibility index (Phi) is 3.94. The monoisotopic (exact) mass is 297 g/mol. The molecular formula is C18H23N3O. The summed E-state index contributed by atoms with van der Waals surface area (Å²) in [4.78, 5) is 4.59. The zero-order chi connectivity index (χ0) is 14.8. The van der Waals surface area contributed by atoms with Crippen molar-refractivity contribution in [3.63, 3.8) is 0 Å². The van der Waals surface area contributed by atoms with Gasteiger partial charge in [-0.1, -0.05) is 35.5 Å². The van der Waals surface area contributed by atoms with E-state index in [-0.39, 0.29) is 0 Å². The van der Waals surface area contributed by atoms with Crippen molar-refractivity contribution in [3.8, 4) is 0 Å². The number of nitrogens with one attached hydrogen (secondary N) is 1. The lowest BCUT2D eigenvalue weighted by molar-refractivity contribution is 0.270. The van der Waals surface area contributed by atoms with Crippen molar-refractivity contribution in [2.45, 2.75) is 57.0 Å². The molecular weight excluding hydrogens is 274 g/mol. The maximum atomic E-state index is 5.47. The molecule has 116 valence electrons. The smallest absolute Gasteiger partial charge is 0.226 e. The van der Waals surface area contributed by atoms with Crippen molar-refractivity contribution in [1.82, 2.24) is 15.5 Å². The number of hydrogen-bond donors (Lipinski definition) is 1. The standard InChI is InChI=1S/C18H23N3O/c1-2-4-13(5-3-1)6-9-17-20-18(22-21-17)12-14-10-15-7-8-16(11-14)19-15/h1-5,14-16,19H,6-12H2. The highest BCUT2D eigenvalue weighted by molar-refractivity contribution is 5.15. The van der Waals surface area contributed by atoms with Gasteiger partial charge in [-0.3, -0.25) is 0 Å². The minimum atomic E-state index is 0.709. The van der Waals surface area contributed by atoms with Crippen molar-refractivity contribution < 1.29 is 4.52 Å². The highest BCUT2D eigenvalue weighted by Gasteiger charge is 2.34. The van der Waals surface area contributed by atoms with Crippen LogP contribution in [-0.4, -0.2) is 22.2 Å². The number of aromatic nitrogens is 2. The predicted molar refractivity (Wildman–Crippen MR) is 84.5 cm³/mol. The van der Waals surface area contributed by atoms with Gasteiger partial charge in [0.1, 0.15) is 0 Å². The van der Waals surface area contributed by atoms with Crippen molar-refractivity contribution in [2.24, 2.45) is 5.92 Å². The summed E-state index contributed by atoms with van der Waals surface area (Å²) in [6.45, 7) is 0. The molecule has 2 atom stereocenters. The first-order valence-electron chi connectivity index (χ1n) is 8.46. The molecule has 0 aliphatic carbocycles. The molecule has 4 nitrogen and oxygen atoms in total. The molecule has 1 aromatic heterocycles. The van der Waals surface area contributed by atoms with Crippen LogP contribution >= 0.6 is 0 Å². The van der Waals surface area contributed by atoms with Crippen molar-refractivity contribution >= 4 is 0 Å². The fraction of sp³-hybridized carbons (Fsp3) is 0.556. The Hall–Kier alpha value is -1.68. The maximum Gasteiger partial charge on any atom is 0.226 e. The lowest BCUT2D eigenvalue weighted by atomic mass is 9.90. The van der Waals surface area contributed by atoms with Gasteiger partial charge in [0.05, 0.1) is 0 Å². The third kappa shape index (κ3) is 3.22. The Morgan fingerprint density at radius 2 is 1.82 bits per heavy atom. The molecule has 4 heteroatoms. The predicted octanol–water partition coefficient (Wildman–Crippen LogP) is 2.93. The number of fused-ring (bicyclic) bond motifs is 2. The van der Waals surface area contributed by atoms with Gasteiger partial charge in [0.25, 0.3) is 0 Å². The Labute approximate surface area is 131 Å². The fourth-order valence-electron chi connectivity index (χ4n) is 3.96. The van der Waals surface area contributed by atoms with Gasteiger partial charge >= 0.3 is 0 Å². The van der Waals surface area contributed by atoms with E-state index in [1.54, 1.807) is 0 Å². The van der Waals surface area contributed by atoms with E-state index < -0.39 is 0 Å². The van der Waals surface area contributed by atoms with E-state index in [1.807, 2.05) is 6.07 Å². The summed E-state index contributed by atoms with van der Waals surface area (Å²) < 4.78 is 5.47. The molecule has 2 bridgehead atoms. The summed E-state index contributed by atoms with van der Waals surface area (Å²) in [7, 11) is 0. The summed E-state index contributed by atoms with van der Waals surface area (Å²) in [5.41, 5.74) is 1.32. The number of nitrogens with zero attached hydrogens (tertiary/aromatic N) is 2. The molecule has 3 heterocycles. The zero-order valence-electron chi connectivity index (χ0n) is 12.9. The number of piperidine rings is 1. The van der Waals surface area contributed by atoms with E-state index >= 15 is 0 Å². The van der Waals surface area contributed by atoms with Gasteiger partial charge in [-0.05, 0) is 43.6 Å². The van der Waals surface area contributed by atoms with E-state index in [2.05, 4.69) is 39.7 Å². The molecule has 22 heavy (non-hydrogen) atoms. The van der Waals surface area contributed by atoms with Gasteiger partial charge in [-0.15, -0.1) is 0 Å². The van der Waals surface area contributed by atoms with Crippen LogP contribution in [0.25, 0.3) is 0 Å². The molecule has 1 N–H and O–H groups in total. The van der Waals surface area contributed by atoms with Gasteiger partial charge < -0.3 is 9.84 Å². The Morgan fingerprint density at radius 3 is 2.59 bits per heavy atom. The fourth-order valence-corrected chi connectivity index (χ4v) is 3.96. The molecule has 0 radical (unpaired) electrons. The second kappa shape index (κ2) is 6.21. The summed E-state index contributed by atoms with van der Waals surface area (Å²) in [5, 5.41) is 7.83. The molecule has 2 aliphatic heterocycles. The van der Waals surface area contributed by atoms with Crippen molar-refractivity contribution in [3.05, 3.63) is 47.6 Å². The molecule has 2 fully saturated rings. The van der Waals surface area contributed by atoms with Crippen LogP contribution in [-0.2, 0) is 19.3 Å². The van der Waals surface area contributed by atoms with Crippen LogP contribution in [0.15, 0.2) is 34.9 Å². The number of hydrogen-bond acceptors (Lipinski definition) is 4. The molecule has 2 aliphatic rings.